The number of carbonyl (C=O) groups excluding carboxylic acids is 2. The highest BCUT2D eigenvalue weighted by atomic mass is 35.5. The summed E-state index contributed by atoms with van der Waals surface area (Å²) < 4.78 is 10.5. The maximum Gasteiger partial charge on any atom is 0.312 e. The van der Waals surface area contributed by atoms with Gasteiger partial charge in [-0.25, -0.2) is 4.79 Å². The zero-order valence-corrected chi connectivity index (χ0v) is 14.2. The van der Waals surface area contributed by atoms with Gasteiger partial charge < -0.3 is 20.5 Å². The maximum atomic E-state index is 11.5. The van der Waals surface area contributed by atoms with E-state index in [-0.39, 0.29) is 19.2 Å². The molecule has 0 saturated carbocycles. The fourth-order valence-corrected chi connectivity index (χ4v) is 2.22. The van der Waals surface area contributed by atoms with Crippen LogP contribution in [0, 0.1) is 0 Å². The van der Waals surface area contributed by atoms with Gasteiger partial charge in [0.25, 0.3) is 0 Å². The first kappa shape index (κ1) is 19.4. The van der Waals surface area contributed by atoms with E-state index < -0.39 is 6.03 Å². The molecule has 0 radical (unpaired) electrons. The molecule has 0 bridgehead atoms. The summed E-state index contributed by atoms with van der Waals surface area (Å²) in [5.41, 5.74) is 4.93. The van der Waals surface area contributed by atoms with Gasteiger partial charge >= 0.3 is 12.0 Å². The van der Waals surface area contributed by atoms with Gasteiger partial charge in [0.15, 0.2) is 0 Å². The summed E-state index contributed by atoms with van der Waals surface area (Å²) in [5, 5.41) is 3.42. The van der Waals surface area contributed by atoms with Gasteiger partial charge in [-0.2, -0.15) is 0 Å². The minimum Gasteiger partial charge on any atom is -0.488 e. The van der Waals surface area contributed by atoms with Crippen molar-refractivity contribution in [1.82, 2.24) is 5.32 Å². The molecule has 1 aromatic rings. The predicted octanol–water partition coefficient (Wildman–Crippen LogP) is 3.14. The lowest BCUT2D eigenvalue weighted by molar-refractivity contribution is -0.144. The lowest BCUT2D eigenvalue weighted by Gasteiger charge is -2.09. The highest BCUT2D eigenvalue weighted by Gasteiger charge is 2.05. The molecule has 23 heavy (non-hydrogen) atoms. The Balaban J connectivity index is 2.04. The van der Waals surface area contributed by atoms with Crippen LogP contribution in [0.25, 0.3) is 0 Å². The van der Waals surface area contributed by atoms with Crippen molar-refractivity contribution in [3.63, 3.8) is 0 Å². The second-order valence-electron chi connectivity index (χ2n) is 4.75. The second kappa shape index (κ2) is 11.0. The quantitative estimate of drug-likeness (QED) is 0.494. The van der Waals surface area contributed by atoms with E-state index in [9.17, 15) is 9.59 Å². The van der Waals surface area contributed by atoms with Crippen LogP contribution in [0.3, 0.4) is 0 Å². The molecule has 128 valence electrons. The fourth-order valence-electron chi connectivity index (χ4n) is 1.75. The molecule has 3 N–H and O–H groups in total. The van der Waals surface area contributed by atoms with Gasteiger partial charge in [-0.15, -0.1) is 0 Å². The van der Waals surface area contributed by atoms with Gasteiger partial charge in [-0.3, -0.25) is 4.79 Å². The van der Waals surface area contributed by atoms with E-state index >= 15 is 0 Å². The summed E-state index contributed by atoms with van der Waals surface area (Å²) in [6.45, 7) is 0.886. The first-order valence-electron chi connectivity index (χ1n) is 7.26. The Morgan fingerprint density at radius 3 is 2.61 bits per heavy atom. The number of hydrogen-bond acceptors (Lipinski definition) is 4. The standard InChI is InChI=1S/C15H20Cl2N2O4/c16-11-5-6-13(12(17)10-11)22-8-9-23-14(20)4-2-1-3-7-19-15(18)21/h5-6,10H,1-4,7-9H2,(H3,18,19,21). The molecule has 8 heteroatoms. The summed E-state index contributed by atoms with van der Waals surface area (Å²) in [7, 11) is 0. The minimum absolute atomic E-state index is 0.154. The number of carbonyl (C=O) groups is 2. The zero-order chi connectivity index (χ0) is 17.1. The van der Waals surface area contributed by atoms with E-state index in [1.54, 1.807) is 18.2 Å². The number of nitrogens with one attached hydrogen (secondary N) is 1. The third kappa shape index (κ3) is 9.15. The van der Waals surface area contributed by atoms with Gasteiger partial charge in [0, 0.05) is 18.0 Å². The Morgan fingerprint density at radius 1 is 1.13 bits per heavy atom. The van der Waals surface area contributed by atoms with E-state index in [1.165, 1.54) is 0 Å². The van der Waals surface area contributed by atoms with Crippen LogP contribution in [-0.2, 0) is 9.53 Å². The largest absolute Gasteiger partial charge is 0.488 e. The number of nitrogens with two attached hydrogens (primary N) is 1. The van der Waals surface area contributed by atoms with Gasteiger partial charge in [0.2, 0.25) is 0 Å². The van der Waals surface area contributed by atoms with E-state index in [0.29, 0.717) is 35.2 Å². The summed E-state index contributed by atoms with van der Waals surface area (Å²) in [4.78, 5) is 21.9. The highest BCUT2D eigenvalue weighted by molar-refractivity contribution is 6.35. The highest BCUT2D eigenvalue weighted by Crippen LogP contribution is 2.27. The molecule has 0 aliphatic rings. The van der Waals surface area contributed by atoms with E-state index in [0.717, 1.165) is 12.8 Å². The Morgan fingerprint density at radius 2 is 1.91 bits per heavy atom. The lowest BCUT2D eigenvalue weighted by Crippen LogP contribution is -2.29. The number of esters is 1. The second-order valence-corrected chi connectivity index (χ2v) is 5.59. The monoisotopic (exact) mass is 362 g/mol. The van der Waals surface area contributed by atoms with Gasteiger partial charge in [-0.05, 0) is 31.0 Å². The van der Waals surface area contributed by atoms with Crippen LogP contribution in [0.5, 0.6) is 5.75 Å². The van der Waals surface area contributed by atoms with Crippen LogP contribution in [0.4, 0.5) is 4.79 Å². The van der Waals surface area contributed by atoms with Crippen LogP contribution in [0.15, 0.2) is 18.2 Å². The zero-order valence-electron chi connectivity index (χ0n) is 12.6. The number of urea groups is 1. The third-order valence-corrected chi connectivity index (χ3v) is 3.39. The third-order valence-electron chi connectivity index (χ3n) is 2.85. The van der Waals surface area contributed by atoms with Crippen LogP contribution in [0.2, 0.25) is 10.0 Å². The van der Waals surface area contributed by atoms with Crippen molar-refractivity contribution in [2.24, 2.45) is 5.73 Å². The van der Waals surface area contributed by atoms with E-state index in [2.05, 4.69) is 5.32 Å². The fraction of sp³-hybridized carbons (Fsp3) is 0.467. The SMILES string of the molecule is NC(=O)NCCCCCC(=O)OCCOc1ccc(Cl)cc1Cl. The van der Waals surface area contributed by atoms with Gasteiger partial charge in [0.05, 0.1) is 5.02 Å². The van der Waals surface area contributed by atoms with Crippen LogP contribution in [0.1, 0.15) is 25.7 Å². The molecule has 0 unspecified atom stereocenters. The molecule has 0 heterocycles. The predicted molar refractivity (Wildman–Crippen MR) is 89.0 cm³/mol. The molecule has 0 saturated heterocycles. The molecule has 1 aromatic carbocycles. The van der Waals surface area contributed by atoms with E-state index in [1.807, 2.05) is 0 Å². The molecule has 0 atom stereocenters. The van der Waals surface area contributed by atoms with Gasteiger partial charge in [-0.1, -0.05) is 29.6 Å². The number of amides is 2. The molecule has 0 aliphatic heterocycles. The number of benzene rings is 1. The van der Waals surface area contributed by atoms with Gasteiger partial charge in [0.1, 0.15) is 19.0 Å². The molecular weight excluding hydrogens is 343 g/mol. The number of hydrogen-bond donors (Lipinski definition) is 2. The van der Waals surface area contributed by atoms with Crippen molar-refractivity contribution < 1.29 is 19.1 Å². The number of halogens is 2. The van der Waals surface area contributed by atoms with Crippen LogP contribution >= 0.6 is 23.2 Å². The normalized spacial score (nSPS) is 10.2. The Labute approximate surface area is 145 Å². The number of ether oxygens (including phenoxy) is 2. The summed E-state index contributed by atoms with van der Waals surface area (Å²) in [6.07, 6.45) is 2.61. The molecule has 6 nitrogen and oxygen atoms in total. The van der Waals surface area contributed by atoms with Crippen LogP contribution in [-0.4, -0.2) is 31.8 Å². The first-order chi connectivity index (χ1) is 11.0. The van der Waals surface area contributed by atoms with Crippen molar-refractivity contribution in [3.8, 4) is 5.75 Å². The smallest absolute Gasteiger partial charge is 0.312 e. The van der Waals surface area contributed by atoms with Crippen molar-refractivity contribution >= 4 is 35.2 Å². The average Bonchev–Trinajstić information content (AvgIpc) is 2.48. The minimum atomic E-state index is -0.537. The topological polar surface area (TPSA) is 90.7 Å². The average molecular weight is 363 g/mol. The summed E-state index contributed by atoms with van der Waals surface area (Å²) in [6, 6.07) is 4.37. The van der Waals surface area contributed by atoms with Crippen molar-refractivity contribution in [3.05, 3.63) is 28.2 Å². The molecular formula is C15H20Cl2N2O4. The Bertz CT molecular complexity index is 526. The van der Waals surface area contributed by atoms with Crippen molar-refractivity contribution in [1.29, 1.82) is 0 Å². The molecule has 0 aliphatic carbocycles. The number of rotatable bonds is 10. The molecule has 1 rings (SSSR count). The first-order valence-corrected chi connectivity index (χ1v) is 8.01. The van der Waals surface area contributed by atoms with Crippen molar-refractivity contribution in [2.75, 3.05) is 19.8 Å². The Kier molecular flexibility index (Phi) is 9.24. The Hall–Kier alpha value is -1.66. The van der Waals surface area contributed by atoms with Crippen molar-refractivity contribution in [2.45, 2.75) is 25.7 Å². The molecule has 0 spiro atoms. The summed E-state index contributed by atoms with van der Waals surface area (Å²) >= 11 is 11.7. The number of primary amides is 1. The lowest BCUT2D eigenvalue weighted by atomic mass is 10.2. The molecule has 2 amide bonds. The number of unbranched alkanes of at least 4 members (excludes halogenated alkanes) is 2. The summed E-state index contributed by atoms with van der Waals surface area (Å²) in [5.74, 6) is 0.215. The molecule has 0 fully saturated rings. The molecule has 0 aromatic heterocycles. The van der Waals surface area contributed by atoms with E-state index in [4.69, 9.17) is 38.4 Å². The van der Waals surface area contributed by atoms with Crippen LogP contribution < -0.4 is 15.8 Å². The maximum absolute atomic E-state index is 11.5.